The van der Waals surface area contributed by atoms with Crippen LogP contribution < -0.4 is 5.73 Å². The molecule has 2 atom stereocenters. The third-order valence-corrected chi connectivity index (χ3v) is 4.53. The van der Waals surface area contributed by atoms with Crippen molar-refractivity contribution in [1.82, 2.24) is 14.5 Å². The smallest absolute Gasteiger partial charge is 0.0961 e. The molecule has 2 fully saturated rings. The summed E-state index contributed by atoms with van der Waals surface area (Å²) < 4.78 is 2.37. The zero-order valence-corrected chi connectivity index (χ0v) is 10.4. The largest absolute Gasteiger partial charge is 0.399 e. The molecule has 4 rings (SSSR count). The molecule has 1 aromatic carbocycles. The van der Waals surface area contributed by atoms with Crippen molar-refractivity contribution in [3.8, 4) is 0 Å². The normalized spacial score (nSPS) is 28.0. The van der Waals surface area contributed by atoms with Crippen LogP contribution in [0, 0.1) is 0 Å². The lowest BCUT2D eigenvalue weighted by Gasteiger charge is -2.21. The summed E-state index contributed by atoms with van der Waals surface area (Å²) in [5, 5.41) is 0. The second-order valence-corrected chi connectivity index (χ2v) is 5.50. The highest BCUT2D eigenvalue weighted by molar-refractivity contribution is 5.79. The lowest BCUT2D eigenvalue weighted by Crippen LogP contribution is -2.27. The summed E-state index contributed by atoms with van der Waals surface area (Å²) in [5.74, 6) is 0. The Bertz CT molecular complexity index is 588. The highest BCUT2D eigenvalue weighted by Crippen LogP contribution is 2.37. The molecule has 2 saturated heterocycles. The van der Waals surface area contributed by atoms with Gasteiger partial charge in [0.05, 0.1) is 23.4 Å². The van der Waals surface area contributed by atoms with Gasteiger partial charge in [0.15, 0.2) is 0 Å². The van der Waals surface area contributed by atoms with Gasteiger partial charge in [-0.25, -0.2) is 4.98 Å². The minimum absolute atomic E-state index is 0.598. The van der Waals surface area contributed by atoms with Crippen molar-refractivity contribution in [3.63, 3.8) is 0 Å². The quantitative estimate of drug-likeness (QED) is 0.778. The average Bonchev–Trinajstić information content (AvgIpc) is 3.01. The van der Waals surface area contributed by atoms with E-state index in [-0.39, 0.29) is 0 Å². The number of hydrogen-bond acceptors (Lipinski definition) is 3. The molecule has 1 aromatic heterocycles. The molecule has 2 aliphatic heterocycles. The summed E-state index contributed by atoms with van der Waals surface area (Å²) in [6, 6.07) is 7.37. The van der Waals surface area contributed by atoms with Crippen LogP contribution in [0.1, 0.15) is 25.3 Å². The van der Waals surface area contributed by atoms with Crippen LogP contribution >= 0.6 is 0 Å². The lowest BCUT2D eigenvalue weighted by atomic mass is 10.1. The van der Waals surface area contributed by atoms with Crippen LogP contribution in [0.3, 0.4) is 0 Å². The monoisotopic (exact) mass is 242 g/mol. The van der Waals surface area contributed by atoms with Gasteiger partial charge in [-0.15, -0.1) is 0 Å². The van der Waals surface area contributed by atoms with Crippen LogP contribution in [0.5, 0.6) is 0 Å². The van der Waals surface area contributed by atoms with Crippen molar-refractivity contribution >= 4 is 16.7 Å². The van der Waals surface area contributed by atoms with Crippen LogP contribution in [0.15, 0.2) is 24.5 Å². The number of anilines is 1. The molecule has 0 radical (unpaired) electrons. The molecule has 0 amide bonds. The number of aromatic nitrogens is 2. The maximum absolute atomic E-state index is 5.81. The molecule has 0 spiro atoms. The van der Waals surface area contributed by atoms with E-state index in [9.17, 15) is 0 Å². The van der Waals surface area contributed by atoms with E-state index in [0.717, 1.165) is 17.2 Å². The molecule has 0 bridgehead atoms. The number of hydrogen-bond donors (Lipinski definition) is 1. The molecule has 2 aromatic rings. The minimum atomic E-state index is 0.598. The van der Waals surface area contributed by atoms with Crippen LogP contribution in [0.25, 0.3) is 11.0 Å². The molecule has 2 N–H and O–H groups in total. The zero-order valence-electron chi connectivity index (χ0n) is 10.4. The summed E-state index contributed by atoms with van der Waals surface area (Å²) >= 11 is 0. The van der Waals surface area contributed by atoms with Gasteiger partial charge in [-0.3, -0.25) is 4.90 Å². The first-order valence-corrected chi connectivity index (χ1v) is 6.79. The molecule has 4 heteroatoms. The molecule has 94 valence electrons. The third-order valence-electron chi connectivity index (χ3n) is 4.53. The molecule has 18 heavy (non-hydrogen) atoms. The Kier molecular flexibility index (Phi) is 2.14. The first-order valence-electron chi connectivity index (χ1n) is 6.79. The minimum Gasteiger partial charge on any atom is -0.399 e. The highest BCUT2D eigenvalue weighted by atomic mass is 15.3. The van der Waals surface area contributed by atoms with Crippen molar-refractivity contribution in [3.05, 3.63) is 24.5 Å². The summed E-state index contributed by atoms with van der Waals surface area (Å²) in [4.78, 5) is 7.14. The Hall–Kier alpha value is -1.55. The average molecular weight is 242 g/mol. The fourth-order valence-electron chi connectivity index (χ4n) is 3.69. The number of fused-ring (bicyclic) bond motifs is 2. The van der Waals surface area contributed by atoms with Gasteiger partial charge in [0.2, 0.25) is 0 Å². The lowest BCUT2D eigenvalue weighted by molar-refractivity contribution is 0.292. The van der Waals surface area contributed by atoms with Crippen molar-refractivity contribution in [1.29, 1.82) is 0 Å². The van der Waals surface area contributed by atoms with Crippen LogP contribution in [-0.2, 0) is 0 Å². The van der Waals surface area contributed by atoms with Gasteiger partial charge in [0.1, 0.15) is 0 Å². The van der Waals surface area contributed by atoms with Crippen molar-refractivity contribution in [2.45, 2.75) is 31.3 Å². The maximum atomic E-state index is 5.81. The number of rotatable bonds is 1. The van der Waals surface area contributed by atoms with Crippen molar-refractivity contribution in [2.75, 3.05) is 18.8 Å². The van der Waals surface area contributed by atoms with E-state index in [4.69, 9.17) is 5.73 Å². The molecule has 3 heterocycles. The number of benzene rings is 1. The standard InChI is InChI=1S/C14H18N4/c15-10-3-4-12-11(8-10)16-9-18(12)14-5-7-17-6-1-2-13(14)17/h3-4,8-9,13-14H,1-2,5-7,15H2. The van der Waals surface area contributed by atoms with E-state index in [1.165, 1.54) is 37.9 Å². The fourth-order valence-corrected chi connectivity index (χ4v) is 3.69. The van der Waals surface area contributed by atoms with Crippen LogP contribution in [0.4, 0.5) is 5.69 Å². The first kappa shape index (κ1) is 10.4. The predicted octanol–water partition coefficient (Wildman–Crippen LogP) is 2.03. The molecule has 4 nitrogen and oxygen atoms in total. The van der Waals surface area contributed by atoms with Gasteiger partial charge in [0, 0.05) is 18.3 Å². The third kappa shape index (κ3) is 1.38. The predicted molar refractivity (Wildman–Crippen MR) is 72.4 cm³/mol. The number of nitrogens with zero attached hydrogens (tertiary/aromatic N) is 3. The second-order valence-electron chi connectivity index (χ2n) is 5.50. The van der Waals surface area contributed by atoms with Gasteiger partial charge in [-0.05, 0) is 44.0 Å². The zero-order chi connectivity index (χ0) is 12.1. The molecule has 2 aliphatic rings. The van der Waals surface area contributed by atoms with Crippen molar-refractivity contribution < 1.29 is 0 Å². The van der Waals surface area contributed by atoms with Gasteiger partial charge < -0.3 is 10.3 Å². The molecule has 0 aliphatic carbocycles. The SMILES string of the molecule is Nc1ccc2c(c1)ncn2C1CCN2CCCC12. The topological polar surface area (TPSA) is 47.1 Å². The summed E-state index contributed by atoms with van der Waals surface area (Å²) in [7, 11) is 0. The Morgan fingerprint density at radius 2 is 2.11 bits per heavy atom. The number of nitrogen functional groups attached to an aromatic ring is 1. The Labute approximate surface area is 106 Å². The Balaban J connectivity index is 1.78. The van der Waals surface area contributed by atoms with Gasteiger partial charge in [0.25, 0.3) is 0 Å². The van der Waals surface area contributed by atoms with E-state index in [2.05, 4.69) is 20.5 Å². The summed E-state index contributed by atoms with van der Waals surface area (Å²) in [6.45, 7) is 2.52. The van der Waals surface area contributed by atoms with E-state index in [0.29, 0.717) is 6.04 Å². The first-order chi connectivity index (χ1) is 8.83. The van der Waals surface area contributed by atoms with Crippen molar-refractivity contribution in [2.24, 2.45) is 0 Å². The number of nitrogens with two attached hydrogens (primary N) is 1. The summed E-state index contributed by atoms with van der Waals surface area (Å²) in [5.41, 5.74) is 8.85. The molecule has 2 unspecified atom stereocenters. The van der Waals surface area contributed by atoms with Crippen LogP contribution in [-0.4, -0.2) is 33.6 Å². The van der Waals surface area contributed by atoms with E-state index in [1.54, 1.807) is 0 Å². The van der Waals surface area contributed by atoms with Gasteiger partial charge in [-0.2, -0.15) is 0 Å². The molecular weight excluding hydrogens is 224 g/mol. The highest BCUT2D eigenvalue weighted by Gasteiger charge is 2.38. The Morgan fingerprint density at radius 3 is 3.06 bits per heavy atom. The number of imidazole rings is 1. The maximum Gasteiger partial charge on any atom is 0.0961 e. The molecular formula is C14H18N4. The van der Waals surface area contributed by atoms with E-state index >= 15 is 0 Å². The van der Waals surface area contributed by atoms with Gasteiger partial charge in [-0.1, -0.05) is 0 Å². The fraction of sp³-hybridized carbons (Fsp3) is 0.500. The molecule has 0 saturated carbocycles. The van der Waals surface area contributed by atoms with Crippen LogP contribution in [0.2, 0.25) is 0 Å². The van der Waals surface area contributed by atoms with E-state index in [1.807, 2.05) is 18.5 Å². The second kappa shape index (κ2) is 3.72. The van der Waals surface area contributed by atoms with Gasteiger partial charge >= 0.3 is 0 Å². The summed E-state index contributed by atoms with van der Waals surface area (Å²) in [6.07, 6.45) is 5.93. The Morgan fingerprint density at radius 1 is 1.17 bits per heavy atom. The van der Waals surface area contributed by atoms with E-state index < -0.39 is 0 Å².